The van der Waals surface area contributed by atoms with Crippen molar-refractivity contribution in [1.82, 2.24) is 9.97 Å². The summed E-state index contributed by atoms with van der Waals surface area (Å²) in [5.41, 5.74) is 2.69. The molecule has 0 bridgehead atoms. The molecule has 384 valence electrons. The number of esters is 2. The van der Waals surface area contributed by atoms with Gasteiger partial charge in [0.25, 0.3) is 0 Å². The highest BCUT2D eigenvalue weighted by atomic mass is 35.5. The molecule has 68 heavy (non-hydrogen) atoms. The first kappa shape index (κ1) is 70.5. The van der Waals surface area contributed by atoms with Crippen LogP contribution in [0, 0.1) is 5.82 Å². The highest BCUT2D eigenvalue weighted by Gasteiger charge is 2.15. The quantitative estimate of drug-likeness (QED) is 0.134. The van der Waals surface area contributed by atoms with Crippen LogP contribution in [0.4, 0.5) is 27.3 Å². The minimum absolute atomic E-state index is 0.301. The van der Waals surface area contributed by atoms with Crippen molar-refractivity contribution in [2.45, 2.75) is 40.5 Å². The van der Waals surface area contributed by atoms with Gasteiger partial charge in [0.15, 0.2) is 0 Å². The van der Waals surface area contributed by atoms with Gasteiger partial charge in [-0.1, -0.05) is 31.5 Å². The Morgan fingerprint density at radius 1 is 0.559 bits per heavy atom. The number of hydrogen-bond donors (Lipinski definition) is 3. The third-order valence-corrected chi connectivity index (χ3v) is 56.9. The van der Waals surface area contributed by atoms with E-state index in [9.17, 15) is 14.0 Å². The average molecular weight is 1490 g/mol. The van der Waals surface area contributed by atoms with Gasteiger partial charge in [-0.05, 0) is 51.0 Å². The van der Waals surface area contributed by atoms with Crippen molar-refractivity contribution >= 4 is 313 Å². The Morgan fingerprint density at radius 2 is 0.926 bits per heavy atom. The van der Waals surface area contributed by atoms with Gasteiger partial charge in [0, 0.05) is 304 Å². The second-order valence-corrected chi connectivity index (χ2v) is 54.4. The van der Waals surface area contributed by atoms with E-state index in [1.807, 2.05) is 13.8 Å². The lowest BCUT2D eigenvalue weighted by atomic mass is 10.2. The van der Waals surface area contributed by atoms with E-state index in [4.69, 9.17) is 65.8 Å². The van der Waals surface area contributed by atoms with Gasteiger partial charge in [-0.3, -0.25) is 0 Å². The zero-order valence-electron chi connectivity index (χ0n) is 34.5. The van der Waals surface area contributed by atoms with Crippen LogP contribution in [0.15, 0.2) is 48.8 Å². The standard InChI is InChI=1S/C17H20FN3O2.C11H15ClN2O2.S15.S14/c1-3-8-19-15-10-16(20-11-14(15)17(22)23-4-2)21-13-7-5-6-12(18)9-13;1-3-5-13-9-6-10(12)14-7-8(9)11(15)16-4-2;1-3-5-7-9-11-13-15-14-12-10-8-6-4-2;1-3-5-7-9-11-13-14-12-10-8-6-4-2/h5-7,9-11H,3-4,8H2,1-2H3,(H2,19,20,21);6-7H,3-5H2,1-2H3,(H,13,14);;. The highest BCUT2D eigenvalue weighted by Crippen LogP contribution is 2.23. The first-order chi connectivity index (χ1) is 33.1. The zero-order valence-corrected chi connectivity index (χ0v) is 58.9. The molecule has 0 aliphatic heterocycles. The molecule has 0 spiro atoms. The van der Waals surface area contributed by atoms with Crippen LogP contribution < -0.4 is 16.0 Å². The van der Waals surface area contributed by atoms with Crippen LogP contribution in [0.1, 0.15) is 61.3 Å². The average Bonchev–Trinajstić information content (AvgIpc) is 3.33. The van der Waals surface area contributed by atoms with E-state index in [0.717, 1.165) is 25.9 Å². The van der Waals surface area contributed by atoms with Crippen LogP contribution in [0.3, 0.4) is 0 Å². The molecule has 0 saturated heterocycles. The van der Waals surface area contributed by atoms with Crippen molar-refractivity contribution in [2.24, 2.45) is 0 Å². The highest BCUT2D eigenvalue weighted by molar-refractivity contribution is 8.77. The molecule has 3 rings (SSSR count). The zero-order chi connectivity index (χ0) is 50.3. The Morgan fingerprint density at radius 3 is 1.28 bits per heavy atom. The summed E-state index contributed by atoms with van der Waals surface area (Å²) in [5.74, 6) is -0.620. The summed E-state index contributed by atoms with van der Waals surface area (Å²) in [6, 6.07) is 9.44. The maximum absolute atomic E-state index is 13.2. The van der Waals surface area contributed by atoms with Crippen molar-refractivity contribution in [3.05, 3.63) is 70.9 Å². The number of ether oxygens (including phenoxy) is 2. The first-order valence-corrected chi connectivity index (χ1v) is 53.7. The molecule has 3 aromatic rings. The van der Waals surface area contributed by atoms with Gasteiger partial charge in [0.2, 0.25) is 0 Å². The molecule has 0 aliphatic rings. The van der Waals surface area contributed by atoms with E-state index in [1.54, 1.807) is 225 Å². The number of halogens is 2. The number of benzene rings is 1. The second kappa shape index (κ2) is 52.9. The van der Waals surface area contributed by atoms with Crippen molar-refractivity contribution < 1.29 is 23.5 Å². The van der Waals surface area contributed by atoms with E-state index >= 15 is 0 Å². The van der Waals surface area contributed by atoms with E-state index in [-0.39, 0.29) is 11.8 Å². The van der Waals surface area contributed by atoms with Gasteiger partial charge >= 0.3 is 11.9 Å². The summed E-state index contributed by atoms with van der Waals surface area (Å²) in [7, 11) is 41.6. The predicted octanol–water partition coefficient (Wildman–Crippen LogP) is 6.63. The summed E-state index contributed by atoms with van der Waals surface area (Å²) >= 11 is 24.6. The maximum Gasteiger partial charge on any atom is 0.341 e. The molecule has 2 aromatic heterocycles. The largest absolute Gasteiger partial charge is 0.462 e. The summed E-state index contributed by atoms with van der Waals surface area (Å²) < 4.78 is 23.2. The van der Waals surface area contributed by atoms with Crippen LogP contribution in [0.2, 0.25) is 5.15 Å². The van der Waals surface area contributed by atoms with Gasteiger partial charge in [0.05, 0.1) is 24.6 Å². The molecular weight excluding hydrogens is 1450 g/mol. The lowest BCUT2D eigenvalue weighted by molar-refractivity contribution is 0.0517. The lowest BCUT2D eigenvalue weighted by Gasteiger charge is -2.13. The monoisotopic (exact) mass is 1490 g/mol. The van der Waals surface area contributed by atoms with Crippen LogP contribution in [-0.4, -0.2) is 48.2 Å². The molecule has 0 atom stereocenters. The number of aromatic nitrogens is 2. The summed E-state index contributed by atoms with van der Waals surface area (Å²) in [4.78, 5) is 31.6. The van der Waals surface area contributed by atoms with Crippen molar-refractivity contribution in [3.8, 4) is 0 Å². The predicted molar refractivity (Wildman–Crippen MR) is 366 cm³/mol. The summed E-state index contributed by atoms with van der Waals surface area (Å²) in [5, 5.41) is 9.67. The minimum atomic E-state index is -0.420. The number of anilines is 4. The number of rotatable bonds is 12. The fourth-order valence-corrected chi connectivity index (χ4v) is 61.2. The maximum atomic E-state index is 13.2. The molecule has 0 fully saturated rings. The Hall–Kier alpha value is 2.46. The number of pyridine rings is 2. The Bertz CT molecular complexity index is 3180. The van der Waals surface area contributed by atoms with Gasteiger partial charge in [-0.25, -0.2) is 23.9 Å². The van der Waals surface area contributed by atoms with E-state index in [2.05, 4.69) is 25.9 Å². The SMILES string of the molecule is CCCNc1cc(Cl)ncc1C(=O)OCC.CCCNc1cc(Nc2cccc(F)c2)ncc1C(=O)OCC.S=S=S=S=S=S=S=S=S=S=S=S=S=S.S=S=S=S=S=S=S=S=S=S=S=S=S=S=S. The molecule has 0 aliphatic carbocycles. The topological polar surface area (TPSA) is 114 Å². The van der Waals surface area contributed by atoms with Crippen LogP contribution >= 0.6 is 11.6 Å². The van der Waals surface area contributed by atoms with E-state index in [1.165, 1.54) is 60.0 Å². The molecule has 9 nitrogen and oxygen atoms in total. The molecule has 0 radical (unpaired) electrons. The van der Waals surface area contributed by atoms with Crippen molar-refractivity contribution in [2.75, 3.05) is 42.3 Å². The number of carbonyl (C=O) groups excluding carboxylic acids is 2. The fourth-order valence-electron chi connectivity index (χ4n) is 3.46. The number of nitrogens with zero attached hydrogens (tertiary/aromatic N) is 2. The Labute approximate surface area is 491 Å². The van der Waals surface area contributed by atoms with E-state index < -0.39 is 5.97 Å². The van der Waals surface area contributed by atoms with Crippen LogP contribution in [0.5, 0.6) is 0 Å². The molecular formula is C28H35ClFN5O4S29. The van der Waals surface area contributed by atoms with Gasteiger partial charge in [-0.15, -0.1) is 0 Å². The Kier molecular flexibility index (Phi) is 54.8. The van der Waals surface area contributed by atoms with Crippen LogP contribution in [-0.2, 0) is 276 Å². The van der Waals surface area contributed by atoms with E-state index in [0.29, 0.717) is 52.4 Å². The van der Waals surface area contributed by atoms with Crippen LogP contribution in [0.25, 0.3) is 0 Å². The minimum Gasteiger partial charge on any atom is -0.462 e. The normalized spacial score (nSPS) is 8.85. The lowest BCUT2D eigenvalue weighted by Crippen LogP contribution is -2.11. The summed E-state index contributed by atoms with van der Waals surface area (Å²) in [6.07, 6.45) is 4.76. The van der Waals surface area contributed by atoms with Gasteiger partial charge in [-0.2, -0.15) is 0 Å². The first-order valence-electron chi connectivity index (χ1n) is 17.3. The van der Waals surface area contributed by atoms with Gasteiger partial charge in [0.1, 0.15) is 27.9 Å². The number of nitrogens with one attached hydrogen (secondary N) is 3. The third kappa shape index (κ3) is 40.7. The number of carbonyl (C=O) groups is 2. The summed E-state index contributed by atoms with van der Waals surface area (Å²) in [6.45, 7) is 9.72. The molecule has 2 heterocycles. The molecule has 0 unspecified atom stereocenters. The molecule has 40 heteroatoms. The molecule has 1 aromatic carbocycles. The molecule has 3 N–H and O–H groups in total. The van der Waals surface area contributed by atoms with Crippen molar-refractivity contribution in [3.63, 3.8) is 0 Å². The molecule has 0 amide bonds. The Balaban J connectivity index is 0.000000902. The molecule has 0 saturated carbocycles. The van der Waals surface area contributed by atoms with Crippen molar-refractivity contribution in [1.29, 1.82) is 0 Å². The van der Waals surface area contributed by atoms with Gasteiger partial charge < -0.3 is 25.4 Å². The number of hydrogen-bond acceptors (Lipinski definition) is 13. The fraction of sp³-hybridized carbons (Fsp3) is 0.357. The third-order valence-electron chi connectivity index (χ3n) is 5.63. The smallest absolute Gasteiger partial charge is 0.341 e. The second-order valence-electron chi connectivity index (χ2n) is 9.80.